The number of ketones is 1. The number of nitrogens with two attached hydrogens (primary N) is 1. The second-order valence-electron chi connectivity index (χ2n) is 13.8. The van der Waals surface area contributed by atoms with E-state index in [0.717, 1.165) is 11.3 Å². The molecule has 0 spiro atoms. The van der Waals surface area contributed by atoms with E-state index >= 15 is 0 Å². The summed E-state index contributed by atoms with van der Waals surface area (Å²) in [6.07, 6.45) is 7.51. The number of anilines is 3. The summed E-state index contributed by atoms with van der Waals surface area (Å²) in [7, 11) is 3.28. The smallest absolute Gasteiger partial charge is 0.333 e. The van der Waals surface area contributed by atoms with E-state index in [1.165, 1.54) is 6.20 Å². The Bertz CT molecular complexity index is 1820. The molecular formula is C38H47N7O8S2. The number of amides is 3. The number of hydroxylamine groups is 2. The zero-order valence-corrected chi connectivity index (χ0v) is 32.9. The van der Waals surface area contributed by atoms with Crippen LogP contribution in [-0.4, -0.2) is 92.4 Å². The molecule has 2 aliphatic heterocycles. The molecule has 1 atom stereocenters. The Morgan fingerprint density at radius 1 is 1.02 bits per heavy atom. The van der Waals surface area contributed by atoms with Crippen molar-refractivity contribution in [3.8, 4) is 17.0 Å². The van der Waals surface area contributed by atoms with E-state index in [1.54, 1.807) is 34.0 Å². The van der Waals surface area contributed by atoms with Crippen LogP contribution in [0.3, 0.4) is 0 Å². The third-order valence-electron chi connectivity index (χ3n) is 8.83. The van der Waals surface area contributed by atoms with Crippen LogP contribution in [0.2, 0.25) is 0 Å². The molecule has 17 heteroatoms. The number of carbonyl (C=O) groups excluding carboxylic acids is 5. The van der Waals surface area contributed by atoms with Crippen molar-refractivity contribution >= 4 is 68.3 Å². The largest absolute Gasteiger partial charge is 0.491 e. The average molecular weight is 794 g/mol. The molecule has 0 radical (unpaired) electrons. The minimum Gasteiger partial charge on any atom is -0.491 e. The SMILES string of the molecule is CC(CCC(=O)CCC(C)(C)SSCCCC(=O)ON1C(=O)CCC1=O)Oc1ccc(-c2cnc(N)c(C(=O)Nc3cnccc3N3CCOCC3)n2)cc1. The highest BCUT2D eigenvalue weighted by Crippen LogP contribution is 2.39. The first-order valence-electron chi connectivity index (χ1n) is 18.2. The summed E-state index contributed by atoms with van der Waals surface area (Å²) in [5, 5.41) is 3.46. The molecule has 5 rings (SSSR count). The van der Waals surface area contributed by atoms with Gasteiger partial charge < -0.3 is 30.3 Å². The van der Waals surface area contributed by atoms with Crippen molar-refractivity contribution in [3.63, 3.8) is 0 Å². The molecule has 2 aliphatic rings. The molecule has 1 aromatic carbocycles. The highest BCUT2D eigenvalue weighted by molar-refractivity contribution is 8.77. The van der Waals surface area contributed by atoms with Gasteiger partial charge in [0, 0.05) is 67.5 Å². The molecule has 0 aliphatic carbocycles. The third-order valence-corrected chi connectivity index (χ3v) is 12.3. The third kappa shape index (κ3) is 12.4. The number of aromatic nitrogens is 3. The Balaban J connectivity index is 1.01. The van der Waals surface area contributed by atoms with E-state index in [1.807, 2.05) is 37.3 Å². The highest BCUT2D eigenvalue weighted by Gasteiger charge is 2.32. The summed E-state index contributed by atoms with van der Waals surface area (Å²) >= 11 is 0. The number of pyridine rings is 1. The number of rotatable bonds is 19. The van der Waals surface area contributed by atoms with Crippen molar-refractivity contribution in [1.82, 2.24) is 20.0 Å². The van der Waals surface area contributed by atoms with Crippen molar-refractivity contribution in [2.45, 2.75) is 83.0 Å². The number of hydrogen-bond acceptors (Lipinski definition) is 15. The van der Waals surface area contributed by atoms with Gasteiger partial charge in [-0.3, -0.25) is 24.2 Å². The summed E-state index contributed by atoms with van der Waals surface area (Å²) in [5.41, 5.74) is 8.66. The Morgan fingerprint density at radius 2 is 1.75 bits per heavy atom. The lowest BCUT2D eigenvalue weighted by Crippen LogP contribution is -2.36. The van der Waals surface area contributed by atoms with E-state index < -0.39 is 23.7 Å². The first kappa shape index (κ1) is 41.4. The van der Waals surface area contributed by atoms with Crippen LogP contribution in [0.25, 0.3) is 11.3 Å². The van der Waals surface area contributed by atoms with E-state index in [2.05, 4.69) is 39.0 Å². The summed E-state index contributed by atoms with van der Waals surface area (Å²) in [6.45, 7) is 8.70. The van der Waals surface area contributed by atoms with Gasteiger partial charge in [0.25, 0.3) is 17.7 Å². The van der Waals surface area contributed by atoms with Crippen molar-refractivity contribution in [3.05, 3.63) is 54.6 Å². The van der Waals surface area contributed by atoms with E-state index in [9.17, 15) is 24.0 Å². The minimum absolute atomic E-state index is 0.00131. The molecule has 3 N–H and O–H groups in total. The Labute approximate surface area is 328 Å². The number of nitrogens with one attached hydrogen (secondary N) is 1. The highest BCUT2D eigenvalue weighted by atomic mass is 33.1. The number of morpholine rings is 1. The number of nitrogens with zero attached hydrogens (tertiary/aromatic N) is 5. The summed E-state index contributed by atoms with van der Waals surface area (Å²) in [5.74, 6) is -0.569. The molecule has 2 aromatic heterocycles. The zero-order valence-electron chi connectivity index (χ0n) is 31.3. The Hall–Kier alpha value is -4.74. The first-order chi connectivity index (χ1) is 26.4. The maximum absolute atomic E-state index is 13.3. The summed E-state index contributed by atoms with van der Waals surface area (Å²) in [4.78, 5) is 81.2. The van der Waals surface area contributed by atoms with Gasteiger partial charge in [-0.15, -0.1) is 5.06 Å². The van der Waals surface area contributed by atoms with Crippen molar-refractivity contribution in [1.29, 1.82) is 0 Å². The van der Waals surface area contributed by atoms with E-state index in [-0.39, 0.29) is 47.4 Å². The molecule has 4 heterocycles. The normalized spacial score (nSPS) is 15.2. The number of Topliss-reactive ketones (excluding diaryl/α,β-unsaturated/α-hetero) is 1. The monoisotopic (exact) mass is 793 g/mol. The molecule has 3 amide bonds. The first-order valence-corrected chi connectivity index (χ1v) is 20.6. The predicted molar refractivity (Wildman–Crippen MR) is 211 cm³/mol. The van der Waals surface area contributed by atoms with Crippen molar-refractivity contribution in [2.24, 2.45) is 0 Å². The number of carbonyl (C=O) groups is 5. The van der Waals surface area contributed by atoms with Gasteiger partial charge in [0.15, 0.2) is 11.5 Å². The van der Waals surface area contributed by atoms with Crippen LogP contribution in [0.4, 0.5) is 17.2 Å². The van der Waals surface area contributed by atoms with Crippen LogP contribution >= 0.6 is 21.6 Å². The summed E-state index contributed by atoms with van der Waals surface area (Å²) < 4.78 is 11.4. The van der Waals surface area contributed by atoms with Gasteiger partial charge in [-0.1, -0.05) is 21.6 Å². The molecule has 55 heavy (non-hydrogen) atoms. The quantitative estimate of drug-likeness (QED) is 0.0857. The van der Waals surface area contributed by atoms with Crippen LogP contribution in [0.15, 0.2) is 48.9 Å². The zero-order chi connectivity index (χ0) is 39.4. The molecule has 294 valence electrons. The van der Waals surface area contributed by atoms with E-state index in [4.69, 9.17) is 20.0 Å². The fraction of sp³-hybridized carbons (Fsp3) is 0.474. The minimum atomic E-state index is -0.597. The van der Waals surface area contributed by atoms with Crippen LogP contribution < -0.4 is 20.7 Å². The Kier molecular flexibility index (Phi) is 14.9. The fourth-order valence-corrected chi connectivity index (χ4v) is 8.36. The lowest BCUT2D eigenvalue weighted by Gasteiger charge is -2.30. The standard InChI is InChI=1S/C38H47N7O8S2/c1-25(6-9-27(46)14-16-38(2,3)55-54-22-4-5-34(49)53-45-32(47)12-13-33(45)48)52-28-10-7-26(8-11-28)29-24-41-36(39)35(42-29)37(50)43-30-23-40-17-15-31(30)44-18-20-51-21-19-44/h7-8,10-11,15,17,23-25H,4-6,9,12-14,16,18-22H2,1-3H3,(H2,39,41)(H,43,50). The average Bonchev–Trinajstić information content (AvgIpc) is 3.49. The van der Waals surface area contributed by atoms with Crippen LogP contribution in [0, 0.1) is 0 Å². The topological polar surface area (TPSA) is 196 Å². The molecule has 0 bridgehead atoms. The van der Waals surface area contributed by atoms with Crippen LogP contribution in [-0.2, 0) is 28.8 Å². The van der Waals surface area contributed by atoms with Gasteiger partial charge >= 0.3 is 5.97 Å². The van der Waals surface area contributed by atoms with Gasteiger partial charge in [0.1, 0.15) is 11.5 Å². The van der Waals surface area contributed by atoms with Crippen molar-refractivity contribution in [2.75, 3.05) is 48.0 Å². The molecule has 2 saturated heterocycles. The van der Waals surface area contributed by atoms with Gasteiger partial charge in [-0.05, 0) is 70.4 Å². The maximum atomic E-state index is 13.3. The number of benzene rings is 1. The fourth-order valence-electron chi connectivity index (χ4n) is 5.70. The predicted octanol–water partition coefficient (Wildman–Crippen LogP) is 5.65. The number of ether oxygens (including phenoxy) is 2. The molecule has 1 unspecified atom stereocenters. The van der Waals surface area contributed by atoms with Gasteiger partial charge in [0.2, 0.25) is 0 Å². The van der Waals surface area contributed by atoms with Crippen molar-refractivity contribution < 1.29 is 38.3 Å². The lowest BCUT2D eigenvalue weighted by molar-refractivity contribution is -0.197. The number of nitrogen functional groups attached to an aromatic ring is 1. The molecule has 3 aromatic rings. The van der Waals surface area contributed by atoms with Gasteiger partial charge in [-0.25, -0.2) is 14.8 Å². The lowest BCUT2D eigenvalue weighted by atomic mass is 10.0. The Morgan fingerprint density at radius 3 is 2.47 bits per heavy atom. The second kappa shape index (κ2) is 19.7. The molecular weight excluding hydrogens is 747 g/mol. The molecule has 15 nitrogen and oxygen atoms in total. The van der Waals surface area contributed by atoms with Crippen LogP contribution in [0.5, 0.6) is 5.75 Å². The van der Waals surface area contributed by atoms with E-state index in [0.29, 0.717) is 86.4 Å². The number of hydrogen-bond donors (Lipinski definition) is 2. The molecule has 0 saturated carbocycles. The summed E-state index contributed by atoms with van der Waals surface area (Å²) in [6, 6.07) is 9.13. The second-order valence-corrected chi connectivity index (χ2v) is 16.9. The molecule has 2 fully saturated rings. The van der Waals surface area contributed by atoms with Gasteiger partial charge in [-0.2, -0.15) is 0 Å². The van der Waals surface area contributed by atoms with Gasteiger partial charge in [0.05, 0.1) is 48.8 Å². The maximum Gasteiger partial charge on any atom is 0.333 e. The number of imide groups is 1. The van der Waals surface area contributed by atoms with Crippen LogP contribution in [0.1, 0.15) is 82.6 Å².